The van der Waals surface area contributed by atoms with Gasteiger partial charge in [-0.15, -0.1) is 0 Å². The Labute approximate surface area is 135 Å². The molecule has 3 aromatic rings. The highest BCUT2D eigenvalue weighted by atomic mass is 16.1. The van der Waals surface area contributed by atoms with Crippen LogP contribution in [0.5, 0.6) is 0 Å². The summed E-state index contributed by atoms with van der Waals surface area (Å²) in [7, 11) is 0. The van der Waals surface area contributed by atoms with E-state index >= 15 is 0 Å². The molecule has 3 rings (SSSR count). The van der Waals surface area contributed by atoms with E-state index in [0.29, 0.717) is 17.8 Å². The summed E-state index contributed by atoms with van der Waals surface area (Å²) in [6.07, 6.45) is 1.71. The molecule has 0 fully saturated rings. The van der Waals surface area contributed by atoms with E-state index in [1.54, 1.807) is 10.9 Å². The highest BCUT2D eigenvalue weighted by molar-refractivity contribution is 5.96. The number of hydrogen-bond acceptors (Lipinski definition) is 3. The van der Waals surface area contributed by atoms with E-state index in [2.05, 4.69) is 15.4 Å². The fourth-order valence-electron chi connectivity index (χ4n) is 2.55. The zero-order chi connectivity index (χ0) is 16.2. The van der Waals surface area contributed by atoms with E-state index in [4.69, 9.17) is 0 Å². The number of aryl methyl sites for hydroxylation is 1. The van der Waals surface area contributed by atoms with Crippen molar-refractivity contribution in [3.05, 3.63) is 77.4 Å². The van der Waals surface area contributed by atoms with Gasteiger partial charge < -0.3 is 5.32 Å². The molecule has 1 N–H and O–H groups in total. The van der Waals surface area contributed by atoms with Crippen LogP contribution in [0.3, 0.4) is 0 Å². The zero-order valence-electron chi connectivity index (χ0n) is 13.2. The van der Waals surface area contributed by atoms with Crippen LogP contribution in [-0.2, 0) is 6.54 Å². The predicted molar refractivity (Wildman–Crippen MR) is 88.4 cm³/mol. The first-order valence-electron chi connectivity index (χ1n) is 7.46. The number of carbonyl (C=O) groups is 1. The maximum absolute atomic E-state index is 12.5. The first kappa shape index (κ1) is 15.0. The van der Waals surface area contributed by atoms with Crippen molar-refractivity contribution in [2.75, 3.05) is 0 Å². The first-order chi connectivity index (χ1) is 11.2. The van der Waals surface area contributed by atoms with Crippen molar-refractivity contribution in [3.63, 3.8) is 0 Å². The third kappa shape index (κ3) is 3.13. The molecule has 23 heavy (non-hydrogen) atoms. The molecular formula is C18H18N4O. The van der Waals surface area contributed by atoms with E-state index in [1.807, 2.05) is 62.4 Å². The molecule has 0 bridgehead atoms. The normalized spacial score (nSPS) is 10.5. The van der Waals surface area contributed by atoms with Crippen molar-refractivity contribution in [2.45, 2.75) is 20.4 Å². The van der Waals surface area contributed by atoms with Crippen LogP contribution in [0.2, 0.25) is 0 Å². The summed E-state index contributed by atoms with van der Waals surface area (Å²) in [6, 6.07) is 15.4. The fraction of sp³-hybridized carbons (Fsp3) is 0.167. The lowest BCUT2D eigenvalue weighted by Crippen LogP contribution is -2.24. The second kappa shape index (κ2) is 6.44. The number of nitrogens with one attached hydrogen (secondary N) is 1. The van der Waals surface area contributed by atoms with Crippen LogP contribution < -0.4 is 5.32 Å². The summed E-state index contributed by atoms with van der Waals surface area (Å²) >= 11 is 0. The minimum atomic E-state index is -0.132. The molecule has 0 radical (unpaired) electrons. The SMILES string of the molecule is Cc1nn(-c2ccccc2)c(C)c1C(=O)NCc1ccccn1. The summed E-state index contributed by atoms with van der Waals surface area (Å²) in [5, 5.41) is 7.40. The number of aromatic nitrogens is 3. The monoisotopic (exact) mass is 306 g/mol. The largest absolute Gasteiger partial charge is 0.346 e. The standard InChI is InChI=1S/C18H18N4O/c1-13-17(18(23)20-12-15-8-6-7-11-19-15)14(2)22(21-13)16-9-4-3-5-10-16/h3-11H,12H2,1-2H3,(H,20,23). The first-order valence-corrected chi connectivity index (χ1v) is 7.46. The van der Waals surface area contributed by atoms with Crippen molar-refractivity contribution in [1.29, 1.82) is 0 Å². The van der Waals surface area contributed by atoms with Gasteiger partial charge in [-0.25, -0.2) is 4.68 Å². The molecule has 0 aliphatic rings. The second-order valence-electron chi connectivity index (χ2n) is 5.30. The van der Waals surface area contributed by atoms with E-state index in [-0.39, 0.29) is 5.91 Å². The Balaban J connectivity index is 1.83. The van der Waals surface area contributed by atoms with Crippen LogP contribution in [0.25, 0.3) is 5.69 Å². The van der Waals surface area contributed by atoms with Gasteiger partial charge in [-0.05, 0) is 38.1 Å². The molecule has 0 spiro atoms. The van der Waals surface area contributed by atoms with Gasteiger partial charge in [0.2, 0.25) is 0 Å². The lowest BCUT2D eigenvalue weighted by atomic mass is 10.2. The number of rotatable bonds is 4. The summed E-state index contributed by atoms with van der Waals surface area (Å²) < 4.78 is 1.80. The lowest BCUT2D eigenvalue weighted by molar-refractivity contribution is 0.0949. The molecule has 0 aliphatic heterocycles. The van der Waals surface area contributed by atoms with Crippen molar-refractivity contribution >= 4 is 5.91 Å². The number of amides is 1. The maximum Gasteiger partial charge on any atom is 0.255 e. The summed E-state index contributed by atoms with van der Waals surface area (Å²) in [4.78, 5) is 16.7. The number of para-hydroxylation sites is 1. The molecule has 1 amide bonds. The molecule has 5 heteroatoms. The number of carbonyl (C=O) groups excluding carboxylic acids is 1. The fourth-order valence-corrected chi connectivity index (χ4v) is 2.55. The van der Waals surface area contributed by atoms with Gasteiger partial charge in [0.25, 0.3) is 5.91 Å². The Morgan fingerprint density at radius 3 is 2.52 bits per heavy atom. The molecule has 5 nitrogen and oxygen atoms in total. The number of pyridine rings is 1. The van der Waals surface area contributed by atoms with Gasteiger partial charge in [-0.1, -0.05) is 24.3 Å². The lowest BCUT2D eigenvalue weighted by Gasteiger charge is -2.06. The molecule has 0 saturated heterocycles. The topological polar surface area (TPSA) is 59.8 Å². The van der Waals surface area contributed by atoms with Crippen molar-refractivity contribution in [1.82, 2.24) is 20.1 Å². The van der Waals surface area contributed by atoms with Crippen LogP contribution in [0.15, 0.2) is 54.7 Å². The molecule has 2 heterocycles. The van der Waals surface area contributed by atoms with Gasteiger partial charge in [-0.3, -0.25) is 9.78 Å². The number of nitrogens with zero attached hydrogens (tertiary/aromatic N) is 3. The summed E-state index contributed by atoms with van der Waals surface area (Å²) in [6.45, 7) is 4.15. The number of benzene rings is 1. The quantitative estimate of drug-likeness (QED) is 0.806. The third-order valence-corrected chi connectivity index (χ3v) is 3.68. The molecule has 1 aromatic carbocycles. The van der Waals surface area contributed by atoms with Crippen molar-refractivity contribution in [2.24, 2.45) is 0 Å². The van der Waals surface area contributed by atoms with E-state index in [9.17, 15) is 4.79 Å². The summed E-state index contributed by atoms with van der Waals surface area (Å²) in [5.41, 5.74) is 3.92. The highest BCUT2D eigenvalue weighted by Gasteiger charge is 2.19. The van der Waals surface area contributed by atoms with Gasteiger partial charge in [0.1, 0.15) is 0 Å². The molecule has 0 saturated carbocycles. The molecule has 0 unspecified atom stereocenters. The highest BCUT2D eigenvalue weighted by Crippen LogP contribution is 2.17. The average Bonchev–Trinajstić information content (AvgIpc) is 2.89. The van der Waals surface area contributed by atoms with E-state index in [0.717, 1.165) is 17.1 Å². The van der Waals surface area contributed by atoms with E-state index < -0.39 is 0 Å². The zero-order valence-corrected chi connectivity index (χ0v) is 13.2. The average molecular weight is 306 g/mol. The minimum absolute atomic E-state index is 0.132. The molecule has 116 valence electrons. The Hall–Kier alpha value is -2.95. The van der Waals surface area contributed by atoms with Gasteiger partial charge >= 0.3 is 0 Å². The Kier molecular flexibility index (Phi) is 4.19. The second-order valence-corrected chi connectivity index (χ2v) is 5.30. The molecule has 0 atom stereocenters. The Bertz CT molecular complexity index is 810. The van der Waals surface area contributed by atoms with Crippen LogP contribution >= 0.6 is 0 Å². The molecule has 0 aliphatic carbocycles. The van der Waals surface area contributed by atoms with Crippen molar-refractivity contribution < 1.29 is 4.79 Å². The van der Waals surface area contributed by atoms with Gasteiger partial charge in [0.15, 0.2) is 0 Å². The van der Waals surface area contributed by atoms with Crippen LogP contribution in [0.1, 0.15) is 27.4 Å². The van der Waals surface area contributed by atoms with Gasteiger partial charge in [0, 0.05) is 6.20 Å². The minimum Gasteiger partial charge on any atom is -0.346 e. The summed E-state index contributed by atoms with van der Waals surface area (Å²) in [5.74, 6) is -0.132. The maximum atomic E-state index is 12.5. The van der Waals surface area contributed by atoms with Gasteiger partial charge in [0.05, 0.1) is 34.9 Å². The van der Waals surface area contributed by atoms with E-state index in [1.165, 1.54) is 0 Å². The van der Waals surface area contributed by atoms with Crippen LogP contribution in [-0.4, -0.2) is 20.7 Å². The van der Waals surface area contributed by atoms with Crippen LogP contribution in [0.4, 0.5) is 0 Å². The van der Waals surface area contributed by atoms with Gasteiger partial charge in [-0.2, -0.15) is 5.10 Å². The van der Waals surface area contributed by atoms with Crippen molar-refractivity contribution in [3.8, 4) is 5.69 Å². The Morgan fingerprint density at radius 1 is 1.09 bits per heavy atom. The molecular weight excluding hydrogens is 288 g/mol. The number of hydrogen-bond donors (Lipinski definition) is 1. The third-order valence-electron chi connectivity index (χ3n) is 3.68. The Morgan fingerprint density at radius 2 is 1.83 bits per heavy atom. The smallest absolute Gasteiger partial charge is 0.255 e. The molecule has 2 aromatic heterocycles. The predicted octanol–water partition coefficient (Wildman–Crippen LogP) is 2.81. The van der Waals surface area contributed by atoms with Crippen LogP contribution in [0, 0.1) is 13.8 Å².